The highest BCUT2D eigenvalue weighted by molar-refractivity contribution is 6.30. The van der Waals surface area contributed by atoms with Gasteiger partial charge in [0.2, 0.25) is 5.91 Å². The Morgan fingerprint density at radius 2 is 1.76 bits per heavy atom. The number of nitrogens with one attached hydrogen (secondary N) is 1. The zero-order chi connectivity index (χ0) is 14.8. The van der Waals surface area contributed by atoms with E-state index in [0.717, 1.165) is 12.8 Å². The maximum absolute atomic E-state index is 12.2. The van der Waals surface area contributed by atoms with Crippen molar-refractivity contribution in [2.45, 2.75) is 12.8 Å². The average molecular weight is 308 g/mol. The Balaban J connectivity index is 1.51. The molecule has 0 aromatic heterocycles. The van der Waals surface area contributed by atoms with Crippen LogP contribution in [-0.2, 0) is 4.79 Å². The van der Waals surface area contributed by atoms with Crippen molar-refractivity contribution in [3.05, 3.63) is 29.3 Å². The van der Waals surface area contributed by atoms with E-state index in [4.69, 9.17) is 11.6 Å². The van der Waals surface area contributed by atoms with Crippen LogP contribution in [-0.4, -0.2) is 47.9 Å². The molecule has 0 unspecified atom stereocenters. The highest BCUT2D eigenvalue weighted by atomic mass is 35.5. The first kappa shape index (κ1) is 14.2. The molecule has 1 aromatic carbocycles. The SMILES string of the molecule is O=C(Nc1cccc(Cl)c1)N1CCN(C(=O)C2CC2)CC1. The summed E-state index contributed by atoms with van der Waals surface area (Å²) in [5, 5.41) is 3.42. The predicted molar refractivity (Wildman–Crippen MR) is 81.3 cm³/mol. The summed E-state index contributed by atoms with van der Waals surface area (Å²) in [6.45, 7) is 2.40. The quantitative estimate of drug-likeness (QED) is 0.912. The molecule has 1 aliphatic heterocycles. The molecule has 5 nitrogen and oxygen atoms in total. The summed E-state index contributed by atoms with van der Waals surface area (Å²) < 4.78 is 0. The van der Waals surface area contributed by atoms with Crippen molar-refractivity contribution >= 4 is 29.2 Å². The number of hydrogen-bond donors (Lipinski definition) is 1. The molecule has 0 bridgehead atoms. The lowest BCUT2D eigenvalue weighted by molar-refractivity contribution is -0.133. The number of hydrogen-bond acceptors (Lipinski definition) is 2. The summed E-state index contributed by atoms with van der Waals surface area (Å²) in [5.41, 5.74) is 0.684. The van der Waals surface area contributed by atoms with Gasteiger partial charge in [-0.25, -0.2) is 4.79 Å². The van der Waals surface area contributed by atoms with Gasteiger partial charge in [-0.3, -0.25) is 4.79 Å². The van der Waals surface area contributed by atoms with Crippen molar-refractivity contribution < 1.29 is 9.59 Å². The molecule has 1 aliphatic carbocycles. The molecule has 1 aromatic rings. The zero-order valence-corrected chi connectivity index (χ0v) is 12.5. The van der Waals surface area contributed by atoms with Crippen LogP contribution in [0.1, 0.15) is 12.8 Å². The summed E-state index contributed by atoms with van der Waals surface area (Å²) in [7, 11) is 0. The first-order valence-electron chi connectivity index (χ1n) is 7.24. The van der Waals surface area contributed by atoms with E-state index < -0.39 is 0 Å². The highest BCUT2D eigenvalue weighted by Crippen LogP contribution is 2.31. The van der Waals surface area contributed by atoms with E-state index in [2.05, 4.69) is 5.32 Å². The molecule has 0 spiro atoms. The van der Waals surface area contributed by atoms with Gasteiger partial charge in [0, 0.05) is 42.8 Å². The summed E-state index contributed by atoms with van der Waals surface area (Å²) in [6.07, 6.45) is 2.04. The minimum absolute atomic E-state index is 0.143. The van der Waals surface area contributed by atoms with Crippen LogP contribution in [0.4, 0.5) is 10.5 Å². The molecule has 1 saturated heterocycles. The molecule has 6 heteroatoms. The number of nitrogens with zero attached hydrogens (tertiary/aromatic N) is 2. The van der Waals surface area contributed by atoms with E-state index in [-0.39, 0.29) is 17.9 Å². The second-order valence-corrected chi connectivity index (χ2v) is 5.96. The molecule has 3 amide bonds. The Morgan fingerprint density at radius 3 is 2.38 bits per heavy atom. The Hall–Kier alpha value is -1.75. The minimum atomic E-state index is -0.143. The Kier molecular flexibility index (Phi) is 4.01. The number of carbonyl (C=O) groups is 2. The lowest BCUT2D eigenvalue weighted by Crippen LogP contribution is -2.52. The van der Waals surface area contributed by atoms with Gasteiger partial charge in [-0.05, 0) is 31.0 Å². The van der Waals surface area contributed by atoms with E-state index in [1.165, 1.54) is 0 Å². The Bertz CT molecular complexity index is 552. The van der Waals surface area contributed by atoms with Gasteiger partial charge >= 0.3 is 6.03 Å². The fourth-order valence-corrected chi connectivity index (χ4v) is 2.68. The molecular formula is C15H18ClN3O2. The lowest BCUT2D eigenvalue weighted by atomic mass is 10.2. The Labute approximate surface area is 128 Å². The van der Waals surface area contributed by atoms with Gasteiger partial charge in [0.15, 0.2) is 0 Å². The highest BCUT2D eigenvalue weighted by Gasteiger charge is 2.35. The maximum atomic E-state index is 12.2. The van der Waals surface area contributed by atoms with Gasteiger partial charge in [-0.2, -0.15) is 0 Å². The van der Waals surface area contributed by atoms with Crippen molar-refractivity contribution in [2.24, 2.45) is 5.92 Å². The van der Waals surface area contributed by atoms with Crippen molar-refractivity contribution in [1.82, 2.24) is 9.80 Å². The van der Waals surface area contributed by atoms with Gasteiger partial charge in [0.05, 0.1) is 0 Å². The lowest BCUT2D eigenvalue weighted by Gasteiger charge is -2.34. The van der Waals surface area contributed by atoms with E-state index in [1.54, 1.807) is 29.2 Å². The van der Waals surface area contributed by atoms with Gasteiger partial charge in [0.25, 0.3) is 0 Å². The van der Waals surface area contributed by atoms with Crippen LogP contribution in [0.2, 0.25) is 5.02 Å². The minimum Gasteiger partial charge on any atom is -0.339 e. The standard InChI is InChI=1S/C15H18ClN3O2/c16-12-2-1-3-13(10-12)17-15(21)19-8-6-18(7-9-19)14(20)11-4-5-11/h1-3,10-11H,4-9H2,(H,17,21). The maximum Gasteiger partial charge on any atom is 0.321 e. The molecular weight excluding hydrogens is 290 g/mol. The van der Waals surface area contributed by atoms with Crippen molar-refractivity contribution in [3.63, 3.8) is 0 Å². The summed E-state index contributed by atoms with van der Waals surface area (Å²) in [5.74, 6) is 0.502. The van der Waals surface area contributed by atoms with Crippen LogP contribution in [0.5, 0.6) is 0 Å². The normalized spacial score (nSPS) is 18.5. The molecule has 0 atom stereocenters. The predicted octanol–water partition coefficient (Wildman–Crippen LogP) is 2.43. The number of carbonyl (C=O) groups excluding carboxylic acids is 2. The fraction of sp³-hybridized carbons (Fsp3) is 0.467. The van der Waals surface area contributed by atoms with Crippen LogP contribution in [0.15, 0.2) is 24.3 Å². The van der Waals surface area contributed by atoms with Gasteiger partial charge in [0.1, 0.15) is 0 Å². The molecule has 1 heterocycles. The molecule has 3 rings (SSSR count). The number of amides is 3. The van der Waals surface area contributed by atoms with Gasteiger partial charge in [-0.15, -0.1) is 0 Å². The smallest absolute Gasteiger partial charge is 0.321 e. The molecule has 2 fully saturated rings. The second-order valence-electron chi connectivity index (χ2n) is 5.53. The third kappa shape index (κ3) is 3.47. The molecule has 21 heavy (non-hydrogen) atoms. The van der Waals surface area contributed by atoms with Crippen LogP contribution < -0.4 is 5.32 Å². The average Bonchev–Trinajstić information content (AvgIpc) is 3.31. The van der Waals surface area contributed by atoms with Crippen LogP contribution >= 0.6 is 11.6 Å². The molecule has 2 aliphatic rings. The largest absolute Gasteiger partial charge is 0.339 e. The topological polar surface area (TPSA) is 52.7 Å². The summed E-state index contributed by atoms with van der Waals surface area (Å²) >= 11 is 5.89. The zero-order valence-electron chi connectivity index (χ0n) is 11.7. The molecule has 1 saturated carbocycles. The van der Waals surface area contributed by atoms with Crippen molar-refractivity contribution in [1.29, 1.82) is 0 Å². The van der Waals surface area contributed by atoms with Crippen molar-refractivity contribution in [2.75, 3.05) is 31.5 Å². The number of anilines is 1. The number of urea groups is 1. The van der Waals surface area contributed by atoms with Gasteiger partial charge in [-0.1, -0.05) is 17.7 Å². The first-order chi connectivity index (χ1) is 10.1. The van der Waals surface area contributed by atoms with Crippen LogP contribution in [0.3, 0.4) is 0 Å². The number of rotatable bonds is 2. The first-order valence-corrected chi connectivity index (χ1v) is 7.61. The number of benzene rings is 1. The molecule has 1 N–H and O–H groups in total. The van der Waals surface area contributed by atoms with E-state index >= 15 is 0 Å². The van der Waals surface area contributed by atoms with Crippen LogP contribution in [0.25, 0.3) is 0 Å². The van der Waals surface area contributed by atoms with Crippen LogP contribution in [0, 0.1) is 5.92 Å². The van der Waals surface area contributed by atoms with E-state index in [0.29, 0.717) is 36.9 Å². The third-order valence-electron chi connectivity index (χ3n) is 3.88. The number of halogens is 1. The van der Waals surface area contributed by atoms with E-state index in [1.807, 2.05) is 4.90 Å². The number of piperazine rings is 1. The third-order valence-corrected chi connectivity index (χ3v) is 4.12. The Morgan fingerprint density at radius 1 is 1.10 bits per heavy atom. The second kappa shape index (κ2) is 5.93. The monoisotopic (exact) mass is 307 g/mol. The molecule has 0 radical (unpaired) electrons. The summed E-state index contributed by atoms with van der Waals surface area (Å²) in [6, 6.07) is 6.93. The molecule has 112 valence electrons. The fourth-order valence-electron chi connectivity index (χ4n) is 2.49. The van der Waals surface area contributed by atoms with Gasteiger partial charge < -0.3 is 15.1 Å². The van der Waals surface area contributed by atoms with E-state index in [9.17, 15) is 9.59 Å². The summed E-state index contributed by atoms with van der Waals surface area (Å²) in [4.78, 5) is 27.7. The van der Waals surface area contributed by atoms with Crippen molar-refractivity contribution in [3.8, 4) is 0 Å².